The van der Waals surface area contributed by atoms with E-state index in [1.54, 1.807) is 0 Å². The topological polar surface area (TPSA) is 273 Å². The minimum absolute atomic E-state index is 0.0172. The van der Waals surface area contributed by atoms with E-state index in [4.69, 9.17) is 17.2 Å². The Kier molecular flexibility index (Phi) is 13.9. The number of rotatable bonds is 17. The number of carbonyl (C=O) groups excluding carboxylic acids is 3. The van der Waals surface area contributed by atoms with Crippen LogP contribution in [0.15, 0.2) is 29.3 Å². The summed E-state index contributed by atoms with van der Waals surface area (Å²) in [6.45, 7) is 3.77. The average molecular weight is 566 g/mol. The summed E-state index contributed by atoms with van der Waals surface area (Å²) in [5.74, 6) is -5.43. The van der Waals surface area contributed by atoms with Crippen molar-refractivity contribution in [2.45, 2.75) is 70.1 Å². The number of hydrogen-bond donors (Lipinski definition) is 9. The molecule has 0 bridgehead atoms. The van der Waals surface area contributed by atoms with Gasteiger partial charge in [-0.25, -0.2) is 4.79 Å². The molecule has 12 N–H and O–H groups in total. The second-order valence-electron chi connectivity index (χ2n) is 9.68. The van der Waals surface area contributed by atoms with Gasteiger partial charge in [-0.05, 0) is 42.9 Å². The Bertz CT molecular complexity index is 1060. The van der Waals surface area contributed by atoms with Gasteiger partial charge in [-0.2, -0.15) is 0 Å². The molecule has 1 aromatic carbocycles. The van der Waals surface area contributed by atoms with E-state index in [2.05, 4.69) is 20.9 Å². The summed E-state index contributed by atoms with van der Waals surface area (Å²) in [7, 11) is 0. The molecule has 1 rings (SSSR count). The highest BCUT2D eigenvalue weighted by Gasteiger charge is 2.31. The smallest absolute Gasteiger partial charge is 0.326 e. The van der Waals surface area contributed by atoms with Crippen LogP contribution in [0.2, 0.25) is 0 Å². The van der Waals surface area contributed by atoms with Crippen molar-refractivity contribution in [1.29, 1.82) is 0 Å². The van der Waals surface area contributed by atoms with Gasteiger partial charge in [0.25, 0.3) is 0 Å². The van der Waals surface area contributed by atoms with Crippen LogP contribution in [0.3, 0.4) is 0 Å². The van der Waals surface area contributed by atoms with Crippen molar-refractivity contribution in [3.05, 3.63) is 29.8 Å². The molecular weight excluding hydrogens is 526 g/mol. The van der Waals surface area contributed by atoms with Gasteiger partial charge in [-0.15, -0.1) is 0 Å². The van der Waals surface area contributed by atoms with Gasteiger partial charge in [-0.3, -0.25) is 24.2 Å². The number of carboxylic acid groups (broad SMARTS) is 2. The molecule has 1 aromatic rings. The number of nitrogens with two attached hydrogens (primary N) is 3. The minimum Gasteiger partial charge on any atom is -0.508 e. The molecule has 0 saturated heterocycles. The summed E-state index contributed by atoms with van der Waals surface area (Å²) in [4.78, 5) is 65.7. The van der Waals surface area contributed by atoms with Gasteiger partial charge in [-0.1, -0.05) is 26.0 Å². The minimum atomic E-state index is -1.55. The number of phenolic OH excluding ortho intramolecular Hbond substituents is 1. The first-order valence-electron chi connectivity index (χ1n) is 12.6. The van der Waals surface area contributed by atoms with E-state index >= 15 is 0 Å². The third kappa shape index (κ3) is 12.9. The predicted octanol–water partition coefficient (Wildman–Crippen LogP) is -1.62. The van der Waals surface area contributed by atoms with Gasteiger partial charge in [0.05, 0.1) is 12.5 Å². The lowest BCUT2D eigenvalue weighted by Gasteiger charge is -2.25. The van der Waals surface area contributed by atoms with Crippen molar-refractivity contribution < 1.29 is 39.3 Å². The van der Waals surface area contributed by atoms with Crippen LogP contribution in [-0.2, 0) is 30.4 Å². The number of benzene rings is 1. The van der Waals surface area contributed by atoms with Gasteiger partial charge in [0.15, 0.2) is 5.96 Å². The van der Waals surface area contributed by atoms with E-state index in [0.717, 1.165) is 0 Å². The summed E-state index contributed by atoms with van der Waals surface area (Å²) >= 11 is 0. The number of nitrogens with one attached hydrogen (secondary N) is 3. The van der Waals surface area contributed by atoms with Crippen molar-refractivity contribution in [2.75, 3.05) is 6.54 Å². The van der Waals surface area contributed by atoms with Gasteiger partial charge in [0.1, 0.15) is 23.9 Å². The van der Waals surface area contributed by atoms with E-state index in [-0.39, 0.29) is 43.4 Å². The van der Waals surface area contributed by atoms with Crippen LogP contribution in [0.4, 0.5) is 0 Å². The standard InChI is InChI=1S/C25H39N7O8/c1-13(2)10-16(26)21(36)31-18(12-20(34)35)23(38)30-17(4-3-9-29-25(27)28)22(37)32-19(24(39)40)11-14-5-7-15(33)8-6-14/h5-8,13,16-19,33H,3-4,9-12,26H2,1-2H3,(H,30,38)(H,31,36)(H,32,37)(H,34,35)(H,39,40)(H4,27,28,29). The Morgan fingerprint density at radius 1 is 0.875 bits per heavy atom. The summed E-state index contributed by atoms with van der Waals surface area (Å²) in [5.41, 5.74) is 17.0. The highest BCUT2D eigenvalue weighted by atomic mass is 16.4. The number of aromatic hydroxyl groups is 1. The summed E-state index contributed by atoms with van der Waals surface area (Å²) in [6, 6.07) is 0.477. The number of carbonyl (C=O) groups is 5. The maximum absolute atomic E-state index is 13.1. The van der Waals surface area contributed by atoms with Gasteiger partial charge < -0.3 is 48.5 Å². The first-order chi connectivity index (χ1) is 18.7. The molecule has 0 radical (unpaired) electrons. The highest BCUT2D eigenvalue weighted by molar-refractivity contribution is 5.95. The molecule has 0 aromatic heterocycles. The van der Waals surface area contributed by atoms with Crippen LogP contribution in [0.25, 0.3) is 0 Å². The van der Waals surface area contributed by atoms with Gasteiger partial charge in [0, 0.05) is 13.0 Å². The Hall–Kier alpha value is -4.40. The molecule has 4 atom stereocenters. The van der Waals surface area contributed by atoms with Crippen molar-refractivity contribution in [3.63, 3.8) is 0 Å². The van der Waals surface area contributed by atoms with Crippen LogP contribution >= 0.6 is 0 Å². The molecule has 15 nitrogen and oxygen atoms in total. The monoisotopic (exact) mass is 565 g/mol. The number of phenols is 1. The molecule has 0 fully saturated rings. The van der Waals surface area contributed by atoms with E-state index in [0.29, 0.717) is 12.0 Å². The molecule has 40 heavy (non-hydrogen) atoms. The number of aliphatic imine (C=N–C) groups is 1. The van der Waals surface area contributed by atoms with E-state index < -0.39 is 60.2 Å². The fraction of sp³-hybridized carbons (Fsp3) is 0.520. The van der Waals surface area contributed by atoms with Crippen LogP contribution in [-0.4, -0.2) is 81.7 Å². The zero-order chi connectivity index (χ0) is 30.4. The molecule has 0 aliphatic carbocycles. The number of nitrogens with zero attached hydrogens (tertiary/aromatic N) is 1. The number of aliphatic carboxylic acids is 2. The van der Waals surface area contributed by atoms with Crippen molar-refractivity contribution in [1.82, 2.24) is 16.0 Å². The molecule has 15 heteroatoms. The predicted molar refractivity (Wildman–Crippen MR) is 145 cm³/mol. The van der Waals surface area contributed by atoms with Crippen LogP contribution in [0.1, 0.15) is 45.1 Å². The molecule has 0 aliphatic rings. The molecule has 3 amide bonds. The largest absolute Gasteiger partial charge is 0.508 e. The first-order valence-corrected chi connectivity index (χ1v) is 12.6. The molecule has 0 heterocycles. The third-order valence-corrected chi connectivity index (χ3v) is 5.64. The molecule has 4 unspecified atom stereocenters. The highest BCUT2D eigenvalue weighted by Crippen LogP contribution is 2.12. The Labute approximate surface area is 231 Å². The first kappa shape index (κ1) is 33.6. The number of hydrogen-bond acceptors (Lipinski definition) is 8. The van der Waals surface area contributed by atoms with Crippen LogP contribution in [0.5, 0.6) is 5.75 Å². The number of guanidine groups is 1. The Balaban J connectivity index is 3.10. The molecule has 0 aliphatic heterocycles. The quantitative estimate of drug-likeness (QED) is 0.0587. The summed E-state index contributed by atoms with van der Waals surface area (Å²) in [5, 5.41) is 35.5. The zero-order valence-electron chi connectivity index (χ0n) is 22.5. The maximum Gasteiger partial charge on any atom is 0.326 e. The van der Waals surface area contributed by atoms with E-state index in [1.807, 2.05) is 13.8 Å². The van der Waals surface area contributed by atoms with Gasteiger partial charge in [0.2, 0.25) is 17.7 Å². The SMILES string of the molecule is CC(C)CC(N)C(=O)NC(CC(=O)O)C(=O)NC(CCCN=C(N)N)C(=O)NC(Cc1ccc(O)cc1)C(=O)O. The number of amides is 3. The second kappa shape index (κ2) is 16.5. The third-order valence-electron chi connectivity index (χ3n) is 5.64. The molecule has 0 saturated carbocycles. The summed E-state index contributed by atoms with van der Waals surface area (Å²) < 4.78 is 0. The van der Waals surface area contributed by atoms with Crippen molar-refractivity contribution in [2.24, 2.45) is 28.1 Å². The molecule has 0 spiro atoms. The Morgan fingerprint density at radius 3 is 1.95 bits per heavy atom. The van der Waals surface area contributed by atoms with Crippen molar-refractivity contribution >= 4 is 35.6 Å². The lowest BCUT2D eigenvalue weighted by molar-refractivity contribution is -0.143. The van der Waals surface area contributed by atoms with Gasteiger partial charge >= 0.3 is 11.9 Å². The van der Waals surface area contributed by atoms with E-state index in [9.17, 15) is 39.3 Å². The van der Waals surface area contributed by atoms with Crippen molar-refractivity contribution in [3.8, 4) is 5.75 Å². The second-order valence-corrected chi connectivity index (χ2v) is 9.68. The lowest BCUT2D eigenvalue weighted by atomic mass is 10.0. The Morgan fingerprint density at radius 2 is 1.43 bits per heavy atom. The lowest BCUT2D eigenvalue weighted by Crippen LogP contribution is -2.57. The zero-order valence-corrected chi connectivity index (χ0v) is 22.5. The molecular formula is C25H39N7O8. The van der Waals surface area contributed by atoms with Crippen LogP contribution < -0.4 is 33.2 Å². The van der Waals surface area contributed by atoms with Crippen LogP contribution in [0, 0.1) is 5.92 Å². The molecule has 222 valence electrons. The fourth-order valence-corrected chi connectivity index (χ4v) is 3.66. The summed E-state index contributed by atoms with van der Waals surface area (Å²) in [6.07, 6.45) is -0.462. The average Bonchev–Trinajstić information content (AvgIpc) is 2.85. The fourth-order valence-electron chi connectivity index (χ4n) is 3.66. The maximum atomic E-state index is 13.1. The number of carboxylic acids is 2. The van der Waals surface area contributed by atoms with E-state index in [1.165, 1.54) is 24.3 Å². The normalized spacial score (nSPS) is 13.8.